The number of anilines is 3. The molecule has 6 nitrogen and oxygen atoms in total. The first-order valence-corrected chi connectivity index (χ1v) is 7.01. The first-order valence-electron chi connectivity index (χ1n) is 7.01. The van der Waals surface area contributed by atoms with Gasteiger partial charge in [-0.3, -0.25) is 14.4 Å². The minimum Gasteiger partial charge on any atom is -0.326 e. The Morgan fingerprint density at radius 3 is 1.83 bits per heavy atom. The number of carbonyl (C=O) groups is 3. The van der Waals surface area contributed by atoms with Gasteiger partial charge in [0, 0.05) is 24.0 Å². The van der Waals surface area contributed by atoms with Crippen molar-refractivity contribution in [2.24, 2.45) is 0 Å². The third-order valence-corrected chi connectivity index (χ3v) is 3.06. The molecule has 0 radical (unpaired) electrons. The van der Waals surface area contributed by atoms with E-state index in [1.807, 2.05) is 19.1 Å². The summed E-state index contributed by atoms with van der Waals surface area (Å²) in [5.41, 5.74) is 2.53. The Hall–Kier alpha value is -3.15. The lowest BCUT2D eigenvalue weighted by atomic mass is 10.2. The number of hydrogen-bond donors (Lipinski definition) is 3. The molecule has 6 heteroatoms. The normalized spacial score (nSPS) is 9.83. The predicted octanol–water partition coefficient (Wildman–Crippen LogP) is 2.53. The highest BCUT2D eigenvalue weighted by atomic mass is 16.2. The fourth-order valence-corrected chi connectivity index (χ4v) is 1.92. The number of para-hydroxylation sites is 1. The molecule has 2 aromatic rings. The van der Waals surface area contributed by atoms with Crippen LogP contribution in [0.4, 0.5) is 17.1 Å². The molecule has 0 heterocycles. The van der Waals surface area contributed by atoms with Crippen LogP contribution in [0.1, 0.15) is 12.5 Å². The molecule has 0 bridgehead atoms. The molecule has 0 aliphatic rings. The average Bonchev–Trinajstić information content (AvgIpc) is 2.51. The lowest BCUT2D eigenvalue weighted by molar-refractivity contribution is -0.133. The Kier molecular flexibility index (Phi) is 5.09. The molecule has 2 rings (SSSR count). The Labute approximate surface area is 133 Å². The summed E-state index contributed by atoms with van der Waals surface area (Å²) in [7, 11) is 0. The van der Waals surface area contributed by atoms with Crippen molar-refractivity contribution in [2.45, 2.75) is 13.8 Å². The molecule has 0 unspecified atom stereocenters. The van der Waals surface area contributed by atoms with Crippen LogP contribution in [0.25, 0.3) is 0 Å². The summed E-state index contributed by atoms with van der Waals surface area (Å²) in [5.74, 6) is -1.69. The van der Waals surface area contributed by atoms with Gasteiger partial charge in [0.05, 0.1) is 0 Å². The number of hydrogen-bond acceptors (Lipinski definition) is 3. The number of carbonyl (C=O) groups excluding carboxylic acids is 3. The molecule has 0 atom stereocenters. The zero-order chi connectivity index (χ0) is 16.8. The minimum atomic E-state index is -0.763. The number of benzene rings is 2. The van der Waals surface area contributed by atoms with Crippen LogP contribution >= 0.6 is 0 Å². The summed E-state index contributed by atoms with van der Waals surface area (Å²) < 4.78 is 0. The zero-order valence-electron chi connectivity index (χ0n) is 12.8. The van der Waals surface area contributed by atoms with E-state index in [0.29, 0.717) is 17.1 Å². The van der Waals surface area contributed by atoms with E-state index in [9.17, 15) is 14.4 Å². The molecular formula is C17H17N3O3. The Bertz CT molecular complexity index is 739. The van der Waals surface area contributed by atoms with Gasteiger partial charge in [-0.25, -0.2) is 0 Å². The molecule has 3 amide bonds. The number of aryl methyl sites for hydroxylation is 1. The van der Waals surface area contributed by atoms with Crippen LogP contribution in [0.5, 0.6) is 0 Å². The monoisotopic (exact) mass is 311 g/mol. The Morgan fingerprint density at radius 1 is 0.739 bits per heavy atom. The van der Waals surface area contributed by atoms with Crippen LogP contribution in [0, 0.1) is 6.92 Å². The maximum absolute atomic E-state index is 11.9. The maximum Gasteiger partial charge on any atom is 0.314 e. The number of amides is 3. The molecule has 0 saturated heterocycles. The van der Waals surface area contributed by atoms with Crippen molar-refractivity contribution >= 4 is 34.8 Å². The largest absolute Gasteiger partial charge is 0.326 e. The van der Waals surface area contributed by atoms with Crippen LogP contribution in [-0.4, -0.2) is 17.7 Å². The quantitative estimate of drug-likeness (QED) is 0.761. The molecule has 0 aliphatic heterocycles. The van der Waals surface area contributed by atoms with Crippen LogP contribution in [0.2, 0.25) is 0 Å². The number of rotatable bonds is 3. The standard InChI is InChI=1S/C17H17N3O3/c1-11-5-3-4-6-15(11)20-17(23)16(22)19-14-9-7-13(8-10-14)18-12(2)21/h3-10H,1-2H3,(H,18,21)(H,19,22)(H,20,23). The van der Waals surface area contributed by atoms with Crippen molar-refractivity contribution in [3.63, 3.8) is 0 Å². The van der Waals surface area contributed by atoms with Crippen LogP contribution in [0.3, 0.4) is 0 Å². The fraction of sp³-hybridized carbons (Fsp3) is 0.118. The summed E-state index contributed by atoms with van der Waals surface area (Å²) in [6, 6.07) is 13.7. The highest BCUT2D eigenvalue weighted by Gasteiger charge is 2.14. The van der Waals surface area contributed by atoms with E-state index in [1.165, 1.54) is 6.92 Å². The van der Waals surface area contributed by atoms with Crippen molar-refractivity contribution in [1.82, 2.24) is 0 Å². The van der Waals surface area contributed by atoms with Crippen molar-refractivity contribution in [3.8, 4) is 0 Å². The first-order chi connectivity index (χ1) is 11.0. The summed E-state index contributed by atoms with van der Waals surface area (Å²) in [6.07, 6.45) is 0. The van der Waals surface area contributed by atoms with Gasteiger partial charge in [-0.05, 0) is 42.8 Å². The van der Waals surface area contributed by atoms with Gasteiger partial charge in [0.2, 0.25) is 5.91 Å². The van der Waals surface area contributed by atoms with Crippen molar-refractivity contribution in [2.75, 3.05) is 16.0 Å². The fourth-order valence-electron chi connectivity index (χ4n) is 1.92. The van der Waals surface area contributed by atoms with E-state index in [1.54, 1.807) is 36.4 Å². The summed E-state index contributed by atoms with van der Waals surface area (Å²) in [4.78, 5) is 34.7. The van der Waals surface area contributed by atoms with Gasteiger partial charge in [-0.1, -0.05) is 18.2 Å². The molecule has 0 aliphatic carbocycles. The first kappa shape index (κ1) is 16.2. The van der Waals surface area contributed by atoms with E-state index < -0.39 is 11.8 Å². The second kappa shape index (κ2) is 7.22. The van der Waals surface area contributed by atoms with E-state index in [2.05, 4.69) is 16.0 Å². The lowest BCUT2D eigenvalue weighted by Gasteiger charge is -2.09. The molecule has 2 aromatic carbocycles. The van der Waals surface area contributed by atoms with Gasteiger partial charge < -0.3 is 16.0 Å². The minimum absolute atomic E-state index is 0.181. The molecule has 0 spiro atoms. The van der Waals surface area contributed by atoms with Gasteiger partial charge in [-0.15, -0.1) is 0 Å². The van der Waals surface area contributed by atoms with E-state index in [0.717, 1.165) is 5.56 Å². The lowest BCUT2D eigenvalue weighted by Crippen LogP contribution is -2.29. The van der Waals surface area contributed by atoms with E-state index in [4.69, 9.17) is 0 Å². The molecule has 0 aromatic heterocycles. The summed E-state index contributed by atoms with van der Waals surface area (Å²) >= 11 is 0. The molecule has 23 heavy (non-hydrogen) atoms. The number of nitrogens with one attached hydrogen (secondary N) is 3. The van der Waals surface area contributed by atoms with Crippen LogP contribution < -0.4 is 16.0 Å². The van der Waals surface area contributed by atoms with E-state index in [-0.39, 0.29) is 5.91 Å². The van der Waals surface area contributed by atoms with Crippen LogP contribution in [0.15, 0.2) is 48.5 Å². The highest BCUT2D eigenvalue weighted by Crippen LogP contribution is 2.15. The third kappa shape index (κ3) is 4.67. The SMILES string of the molecule is CC(=O)Nc1ccc(NC(=O)C(=O)Nc2ccccc2C)cc1. The summed E-state index contributed by atoms with van der Waals surface area (Å²) in [5, 5.41) is 7.67. The van der Waals surface area contributed by atoms with Crippen molar-refractivity contribution in [1.29, 1.82) is 0 Å². The maximum atomic E-state index is 11.9. The second-order valence-corrected chi connectivity index (χ2v) is 4.98. The smallest absolute Gasteiger partial charge is 0.314 e. The Balaban J connectivity index is 1.97. The Morgan fingerprint density at radius 2 is 1.26 bits per heavy atom. The highest BCUT2D eigenvalue weighted by molar-refractivity contribution is 6.43. The third-order valence-electron chi connectivity index (χ3n) is 3.06. The van der Waals surface area contributed by atoms with Gasteiger partial charge in [0.25, 0.3) is 0 Å². The van der Waals surface area contributed by atoms with Gasteiger partial charge in [-0.2, -0.15) is 0 Å². The van der Waals surface area contributed by atoms with E-state index >= 15 is 0 Å². The molecular weight excluding hydrogens is 294 g/mol. The van der Waals surface area contributed by atoms with Gasteiger partial charge in [0.1, 0.15) is 0 Å². The zero-order valence-corrected chi connectivity index (χ0v) is 12.8. The van der Waals surface area contributed by atoms with Crippen molar-refractivity contribution < 1.29 is 14.4 Å². The van der Waals surface area contributed by atoms with Gasteiger partial charge in [0.15, 0.2) is 0 Å². The summed E-state index contributed by atoms with van der Waals surface area (Å²) in [6.45, 7) is 3.25. The topological polar surface area (TPSA) is 87.3 Å². The molecule has 0 fully saturated rings. The van der Waals surface area contributed by atoms with Crippen molar-refractivity contribution in [3.05, 3.63) is 54.1 Å². The van der Waals surface area contributed by atoms with Crippen LogP contribution in [-0.2, 0) is 14.4 Å². The molecule has 3 N–H and O–H groups in total. The van der Waals surface area contributed by atoms with Gasteiger partial charge >= 0.3 is 11.8 Å². The molecule has 0 saturated carbocycles. The predicted molar refractivity (Wildman–Crippen MR) is 89.2 cm³/mol. The second-order valence-electron chi connectivity index (χ2n) is 4.98. The average molecular weight is 311 g/mol. The molecule has 118 valence electrons.